The van der Waals surface area contributed by atoms with Gasteiger partial charge in [0.15, 0.2) is 9.84 Å². The van der Waals surface area contributed by atoms with Gasteiger partial charge in [-0.25, -0.2) is 17.6 Å². The summed E-state index contributed by atoms with van der Waals surface area (Å²) in [6.07, 6.45) is 2.73. The topological polar surface area (TPSA) is 114 Å². The molecule has 2 aromatic rings. The Morgan fingerprint density at radius 1 is 1.15 bits per heavy atom. The van der Waals surface area contributed by atoms with E-state index in [0.717, 1.165) is 69.5 Å². The summed E-state index contributed by atoms with van der Waals surface area (Å²) in [4.78, 5) is 16.5. The molecular weight excluding hydrogens is 543 g/mol. The van der Waals surface area contributed by atoms with Crippen LogP contribution in [0.1, 0.15) is 37.7 Å². The quantitative estimate of drug-likeness (QED) is 0.439. The third-order valence-corrected chi connectivity index (χ3v) is 10.7. The number of likely N-dealkylation sites (tertiary alicyclic amines) is 1. The van der Waals surface area contributed by atoms with Gasteiger partial charge in [0.05, 0.1) is 16.4 Å². The van der Waals surface area contributed by atoms with Crippen LogP contribution in [0.25, 0.3) is 0 Å². The second kappa shape index (κ2) is 11.8. The fourth-order valence-electron chi connectivity index (χ4n) is 7.35. The summed E-state index contributed by atoms with van der Waals surface area (Å²) < 4.78 is 38.4. The number of hydrogen-bond donors (Lipinski definition) is 2. The second-order valence-electron chi connectivity index (χ2n) is 11.6. The number of rotatable bonds is 9. The molecule has 0 unspecified atom stereocenters. The van der Waals surface area contributed by atoms with E-state index < -0.39 is 21.3 Å². The number of carbonyl (C=O) groups is 1. The van der Waals surface area contributed by atoms with E-state index in [-0.39, 0.29) is 28.6 Å². The molecule has 2 N–H and O–H groups in total. The summed E-state index contributed by atoms with van der Waals surface area (Å²) in [7, 11) is -3.44. The van der Waals surface area contributed by atoms with Crippen molar-refractivity contribution >= 4 is 21.6 Å². The summed E-state index contributed by atoms with van der Waals surface area (Å²) in [5.41, 5.74) is 0.693. The number of amides is 1. The van der Waals surface area contributed by atoms with Crippen molar-refractivity contribution in [1.29, 1.82) is 5.26 Å². The molecule has 3 aliphatic rings. The number of nitrogens with one attached hydrogen (secondary N) is 1. The lowest BCUT2D eigenvalue weighted by Gasteiger charge is -2.48. The van der Waals surface area contributed by atoms with Crippen LogP contribution in [0.4, 0.5) is 14.9 Å². The largest absolute Gasteiger partial charge is 0.465 e. The van der Waals surface area contributed by atoms with Crippen molar-refractivity contribution in [2.24, 2.45) is 17.8 Å². The monoisotopic (exact) mass is 580 g/mol. The van der Waals surface area contributed by atoms with Crippen LogP contribution in [0.2, 0.25) is 0 Å². The molecule has 2 aliphatic heterocycles. The predicted octanol–water partition coefficient (Wildman–Crippen LogP) is 4.79. The average Bonchev–Trinajstić information content (AvgIpc) is 3.40. The van der Waals surface area contributed by atoms with E-state index in [9.17, 15) is 28.0 Å². The van der Waals surface area contributed by atoms with Gasteiger partial charge < -0.3 is 20.2 Å². The first-order valence-electron chi connectivity index (χ1n) is 14.3. The van der Waals surface area contributed by atoms with E-state index in [1.54, 1.807) is 18.2 Å². The normalized spacial score (nSPS) is 23.8. The van der Waals surface area contributed by atoms with Crippen molar-refractivity contribution in [2.75, 3.05) is 37.6 Å². The molecule has 2 saturated heterocycles. The molecule has 1 saturated carbocycles. The minimum Gasteiger partial charge on any atom is -0.465 e. The Kier molecular flexibility index (Phi) is 8.39. The van der Waals surface area contributed by atoms with Gasteiger partial charge in [0.1, 0.15) is 5.82 Å². The van der Waals surface area contributed by atoms with E-state index in [1.807, 2.05) is 18.2 Å². The van der Waals surface area contributed by atoms with Crippen LogP contribution in [-0.4, -0.2) is 63.3 Å². The molecule has 41 heavy (non-hydrogen) atoms. The maximum atomic E-state index is 14.4. The molecule has 5 rings (SSSR count). The van der Waals surface area contributed by atoms with Gasteiger partial charge in [-0.05, 0) is 86.7 Å². The maximum Gasteiger partial charge on any atom is 0.404 e. The van der Waals surface area contributed by atoms with Crippen molar-refractivity contribution < 1.29 is 22.7 Å². The molecule has 0 aromatic heterocycles. The van der Waals surface area contributed by atoms with Gasteiger partial charge in [-0.15, -0.1) is 0 Å². The van der Waals surface area contributed by atoms with E-state index in [1.165, 1.54) is 12.1 Å². The van der Waals surface area contributed by atoms with Gasteiger partial charge in [0.2, 0.25) is 0 Å². The number of halogens is 1. The standard InChI is InChI=1S/C31H37FN4O4S/c1-2-41(39,40)27-11-9-26(10-12-27)36-19-22(20-36)18-35-15-13-23(14-16-35)31(21-33,24-5-3-6-25(32)17-24)28-7-4-8-29(28)34-30(37)38/h2-3,5-6,9-12,17,22-23,28-29,34H,1,4,7-8,13-16,18-20H2,(H,37,38)/t28-,29-,31-/m0/s1. The molecule has 218 valence electrons. The summed E-state index contributed by atoms with van der Waals surface area (Å²) in [5.74, 6) is -0.108. The second-order valence-corrected chi connectivity index (χ2v) is 13.5. The highest BCUT2D eigenvalue weighted by atomic mass is 32.2. The van der Waals surface area contributed by atoms with Crippen molar-refractivity contribution in [2.45, 2.75) is 48.5 Å². The van der Waals surface area contributed by atoms with Crippen molar-refractivity contribution in [3.05, 3.63) is 71.9 Å². The highest BCUT2D eigenvalue weighted by molar-refractivity contribution is 7.94. The molecule has 3 fully saturated rings. The number of hydrogen-bond acceptors (Lipinski definition) is 6. The Bertz CT molecular complexity index is 1410. The minimum atomic E-state index is -3.44. The zero-order chi connectivity index (χ0) is 29.2. The van der Waals surface area contributed by atoms with Gasteiger partial charge in [0.25, 0.3) is 0 Å². The van der Waals surface area contributed by atoms with E-state index in [0.29, 0.717) is 17.9 Å². The molecular formula is C31H37FN4O4S. The van der Waals surface area contributed by atoms with Crippen molar-refractivity contribution in [1.82, 2.24) is 10.2 Å². The zero-order valence-electron chi connectivity index (χ0n) is 23.1. The first kappa shape index (κ1) is 29.1. The number of nitrogens with zero attached hydrogens (tertiary/aromatic N) is 3. The Balaban J connectivity index is 1.23. The molecule has 2 heterocycles. The van der Waals surface area contributed by atoms with Crippen molar-refractivity contribution in [3.8, 4) is 6.07 Å². The molecule has 0 bridgehead atoms. The van der Waals surface area contributed by atoms with Gasteiger partial charge in [-0.2, -0.15) is 5.26 Å². The van der Waals surface area contributed by atoms with Gasteiger partial charge >= 0.3 is 6.09 Å². The highest BCUT2D eigenvalue weighted by Gasteiger charge is 2.52. The summed E-state index contributed by atoms with van der Waals surface area (Å²) in [6, 6.07) is 15.5. The molecule has 1 aliphatic carbocycles. The minimum absolute atomic E-state index is 0.00464. The lowest BCUT2D eigenvalue weighted by atomic mass is 9.59. The van der Waals surface area contributed by atoms with Crippen molar-refractivity contribution in [3.63, 3.8) is 0 Å². The van der Waals surface area contributed by atoms with Gasteiger partial charge in [-0.1, -0.05) is 25.1 Å². The number of benzene rings is 2. The SMILES string of the molecule is C=CS(=O)(=O)c1ccc(N2CC(CN3CCC([C@@](C#N)(c4cccc(F)c4)[C@H]4CCC[C@@H]4NC(=O)O)CC3)C2)cc1. The van der Waals surface area contributed by atoms with Crippen LogP contribution in [-0.2, 0) is 15.3 Å². The van der Waals surface area contributed by atoms with Crippen LogP contribution in [0.15, 0.2) is 65.4 Å². The summed E-state index contributed by atoms with van der Waals surface area (Å²) in [6.45, 7) is 7.77. The predicted molar refractivity (Wildman–Crippen MR) is 155 cm³/mol. The zero-order valence-corrected chi connectivity index (χ0v) is 23.9. The van der Waals surface area contributed by atoms with E-state index >= 15 is 0 Å². The Labute approximate surface area is 241 Å². The summed E-state index contributed by atoms with van der Waals surface area (Å²) >= 11 is 0. The first-order valence-corrected chi connectivity index (χ1v) is 15.8. The molecule has 2 aromatic carbocycles. The Morgan fingerprint density at radius 3 is 2.46 bits per heavy atom. The molecule has 8 nitrogen and oxygen atoms in total. The smallest absolute Gasteiger partial charge is 0.404 e. The highest BCUT2D eigenvalue weighted by Crippen LogP contribution is 2.50. The Morgan fingerprint density at radius 2 is 1.85 bits per heavy atom. The lowest BCUT2D eigenvalue weighted by molar-refractivity contribution is 0.0949. The number of carboxylic acid groups (broad SMARTS) is 1. The molecule has 1 amide bonds. The fraction of sp³-hybridized carbons (Fsp3) is 0.484. The van der Waals surface area contributed by atoms with Crippen LogP contribution in [0, 0.1) is 34.9 Å². The third kappa shape index (κ3) is 5.84. The molecule has 3 atom stereocenters. The number of piperidine rings is 1. The fourth-order valence-corrected chi connectivity index (χ4v) is 8.06. The van der Waals surface area contributed by atoms with E-state index in [2.05, 4.69) is 27.8 Å². The van der Waals surface area contributed by atoms with E-state index in [4.69, 9.17) is 0 Å². The maximum absolute atomic E-state index is 14.4. The average molecular weight is 581 g/mol. The van der Waals surface area contributed by atoms with Crippen LogP contribution in [0.3, 0.4) is 0 Å². The van der Waals surface area contributed by atoms with Gasteiger partial charge in [0, 0.05) is 48.6 Å². The first-order chi connectivity index (χ1) is 19.7. The third-order valence-electron chi connectivity index (χ3n) is 9.35. The molecule has 10 heteroatoms. The molecule has 0 spiro atoms. The van der Waals surface area contributed by atoms with Crippen LogP contribution < -0.4 is 10.2 Å². The number of nitriles is 1. The Hall–Kier alpha value is -3.42. The number of anilines is 1. The number of sulfone groups is 1. The van der Waals surface area contributed by atoms with Gasteiger partial charge in [-0.3, -0.25) is 0 Å². The van der Waals surface area contributed by atoms with Crippen LogP contribution >= 0.6 is 0 Å². The molecule has 0 radical (unpaired) electrons. The summed E-state index contributed by atoms with van der Waals surface area (Å²) in [5, 5.41) is 23.8. The lowest BCUT2D eigenvalue weighted by Crippen LogP contribution is -2.55. The van der Waals surface area contributed by atoms with Crippen LogP contribution in [0.5, 0.6) is 0 Å².